The first-order chi connectivity index (χ1) is 12.9. The van der Waals surface area contributed by atoms with Gasteiger partial charge in [-0.05, 0) is 36.8 Å². The van der Waals surface area contributed by atoms with E-state index in [2.05, 4.69) is 15.3 Å². The minimum Gasteiger partial charge on any atom is -0.332 e. The Morgan fingerprint density at radius 2 is 1.86 bits per heavy atom. The van der Waals surface area contributed by atoms with Crippen LogP contribution in [-0.4, -0.2) is 54.2 Å². The van der Waals surface area contributed by atoms with Crippen molar-refractivity contribution in [2.24, 2.45) is 0 Å². The molecule has 150 valence electrons. The summed E-state index contributed by atoms with van der Waals surface area (Å²) >= 11 is 0. The fourth-order valence-electron chi connectivity index (χ4n) is 2.16. The van der Waals surface area contributed by atoms with Crippen LogP contribution in [0.25, 0.3) is 0 Å². The van der Waals surface area contributed by atoms with Crippen molar-refractivity contribution in [3.63, 3.8) is 0 Å². The van der Waals surface area contributed by atoms with E-state index >= 15 is 0 Å². The fraction of sp³-hybridized carbons (Fsp3) is 0.250. The quantitative estimate of drug-likeness (QED) is 0.796. The summed E-state index contributed by atoms with van der Waals surface area (Å²) in [6.45, 7) is 1.23. The highest BCUT2D eigenvalue weighted by Gasteiger charge is 2.49. The molecule has 0 saturated heterocycles. The third-order valence-corrected chi connectivity index (χ3v) is 4.92. The van der Waals surface area contributed by atoms with Gasteiger partial charge >= 0.3 is 5.51 Å². The minimum atomic E-state index is -5.84. The third-order valence-electron chi connectivity index (χ3n) is 3.47. The maximum Gasteiger partial charge on any atom is 0.503 e. The Balaban J connectivity index is 2.21. The summed E-state index contributed by atoms with van der Waals surface area (Å²) in [4.78, 5) is 32.4. The van der Waals surface area contributed by atoms with Gasteiger partial charge in [0.25, 0.3) is 15.7 Å². The number of likely N-dealkylation sites (N-methyl/N-ethyl adjacent to an activating group) is 1. The van der Waals surface area contributed by atoms with Crippen molar-refractivity contribution >= 4 is 27.5 Å². The Morgan fingerprint density at radius 1 is 1.18 bits per heavy atom. The highest BCUT2D eigenvalue weighted by Crippen LogP contribution is 2.31. The number of carbonyl (C=O) groups excluding carboxylic acids is 2. The molecule has 8 nitrogen and oxygen atoms in total. The molecule has 0 saturated carbocycles. The number of sulfone groups is 1. The van der Waals surface area contributed by atoms with E-state index < -0.39 is 44.3 Å². The molecule has 0 radical (unpaired) electrons. The zero-order valence-electron chi connectivity index (χ0n) is 14.7. The maximum absolute atomic E-state index is 12.8. The molecule has 12 heteroatoms. The van der Waals surface area contributed by atoms with Gasteiger partial charge in [0.15, 0.2) is 5.03 Å². The number of hydrogen-bond acceptors (Lipinski definition) is 6. The van der Waals surface area contributed by atoms with Crippen LogP contribution in [-0.2, 0) is 14.6 Å². The van der Waals surface area contributed by atoms with E-state index in [1.54, 1.807) is 19.1 Å². The Labute approximate surface area is 158 Å². The van der Waals surface area contributed by atoms with Crippen molar-refractivity contribution in [2.75, 3.05) is 18.9 Å². The van der Waals surface area contributed by atoms with E-state index in [1.807, 2.05) is 0 Å². The van der Waals surface area contributed by atoms with Gasteiger partial charge in [0, 0.05) is 19.4 Å². The van der Waals surface area contributed by atoms with Crippen LogP contribution in [0.15, 0.2) is 41.7 Å². The van der Waals surface area contributed by atoms with E-state index in [4.69, 9.17) is 0 Å². The van der Waals surface area contributed by atoms with Gasteiger partial charge in [-0.1, -0.05) is 0 Å². The van der Waals surface area contributed by atoms with E-state index in [0.717, 1.165) is 35.8 Å². The van der Waals surface area contributed by atoms with Gasteiger partial charge in [0.05, 0.1) is 12.1 Å². The molecule has 0 aromatic carbocycles. The molecule has 0 aliphatic heterocycles. The predicted molar refractivity (Wildman–Crippen MR) is 92.0 cm³/mol. The number of carbonyl (C=O) groups is 2. The molecule has 1 N–H and O–H groups in total. The molecule has 0 spiro atoms. The Bertz CT molecular complexity index is 1010. The van der Waals surface area contributed by atoms with E-state index in [9.17, 15) is 31.2 Å². The summed E-state index contributed by atoms with van der Waals surface area (Å²) in [6, 6.07) is 5.29. The maximum atomic E-state index is 12.8. The smallest absolute Gasteiger partial charge is 0.332 e. The topological polar surface area (TPSA) is 109 Å². The lowest BCUT2D eigenvalue weighted by Crippen LogP contribution is -2.36. The molecule has 2 aromatic heterocycles. The molecule has 2 rings (SSSR count). The minimum absolute atomic E-state index is 0.229. The molecule has 2 amide bonds. The van der Waals surface area contributed by atoms with Gasteiger partial charge < -0.3 is 10.2 Å². The van der Waals surface area contributed by atoms with Crippen LogP contribution < -0.4 is 5.32 Å². The number of alkyl halides is 3. The summed E-state index contributed by atoms with van der Waals surface area (Å²) in [7, 11) is -4.70. The first-order valence-corrected chi connectivity index (χ1v) is 9.16. The first-order valence-electron chi connectivity index (χ1n) is 7.68. The van der Waals surface area contributed by atoms with E-state index in [0.29, 0.717) is 0 Å². The number of pyridine rings is 2. The second kappa shape index (κ2) is 7.92. The largest absolute Gasteiger partial charge is 0.503 e. The molecule has 0 aliphatic rings. The number of aryl methyl sites for hydroxylation is 1. The van der Waals surface area contributed by atoms with Crippen LogP contribution in [0.3, 0.4) is 0 Å². The molecule has 2 heterocycles. The number of nitrogens with one attached hydrogen (secondary N) is 1. The number of nitrogens with zero attached hydrogens (tertiary/aromatic N) is 3. The Kier molecular flexibility index (Phi) is 6.02. The van der Waals surface area contributed by atoms with Crippen molar-refractivity contribution in [3.8, 4) is 0 Å². The fourth-order valence-corrected chi connectivity index (χ4v) is 3.02. The lowest BCUT2D eigenvalue weighted by Gasteiger charge is -2.18. The second-order valence-electron chi connectivity index (χ2n) is 5.73. The van der Waals surface area contributed by atoms with Crippen LogP contribution >= 0.6 is 0 Å². The normalized spacial score (nSPS) is 11.8. The van der Waals surface area contributed by atoms with Gasteiger partial charge in [0.2, 0.25) is 5.91 Å². The molecule has 0 fully saturated rings. The Morgan fingerprint density at radius 3 is 2.46 bits per heavy atom. The number of halogens is 3. The molecule has 0 aliphatic carbocycles. The average molecular weight is 416 g/mol. The third kappa shape index (κ3) is 4.63. The highest BCUT2D eigenvalue weighted by atomic mass is 32.2. The van der Waals surface area contributed by atoms with Crippen molar-refractivity contribution < 1.29 is 31.2 Å². The average Bonchev–Trinajstić information content (AvgIpc) is 2.60. The molecule has 0 bridgehead atoms. The van der Waals surface area contributed by atoms with Gasteiger partial charge in [-0.15, -0.1) is 0 Å². The SMILES string of the molecule is Cc1ccnc(NC(=O)CN(C)C(=O)c2cccnc2S(=O)(=O)C(F)(F)F)c1. The summed E-state index contributed by atoms with van der Waals surface area (Å²) in [6.07, 6.45) is 2.29. The summed E-state index contributed by atoms with van der Waals surface area (Å²) < 4.78 is 61.8. The van der Waals surface area contributed by atoms with Crippen molar-refractivity contribution in [2.45, 2.75) is 17.5 Å². The number of rotatable bonds is 5. The summed E-state index contributed by atoms with van der Waals surface area (Å²) in [5.74, 6) is -1.55. The molecule has 2 aromatic rings. The zero-order chi connectivity index (χ0) is 21.1. The van der Waals surface area contributed by atoms with E-state index in [1.165, 1.54) is 6.20 Å². The molecule has 28 heavy (non-hydrogen) atoms. The van der Waals surface area contributed by atoms with Crippen LogP contribution in [0.1, 0.15) is 15.9 Å². The van der Waals surface area contributed by atoms with Crippen LogP contribution in [0.2, 0.25) is 0 Å². The summed E-state index contributed by atoms with van der Waals surface area (Å²) in [5.41, 5.74) is -5.58. The van der Waals surface area contributed by atoms with Gasteiger partial charge in [-0.25, -0.2) is 18.4 Å². The molecule has 0 unspecified atom stereocenters. The molecular formula is C16H15F3N4O4S. The van der Waals surface area contributed by atoms with Crippen LogP contribution in [0.5, 0.6) is 0 Å². The van der Waals surface area contributed by atoms with E-state index in [-0.39, 0.29) is 5.82 Å². The summed E-state index contributed by atoms with van der Waals surface area (Å²) in [5, 5.41) is 1.01. The highest BCUT2D eigenvalue weighted by molar-refractivity contribution is 7.92. The lowest BCUT2D eigenvalue weighted by molar-refractivity contribution is -0.116. The second-order valence-corrected chi connectivity index (χ2v) is 7.59. The van der Waals surface area contributed by atoms with Crippen molar-refractivity contribution in [1.29, 1.82) is 0 Å². The van der Waals surface area contributed by atoms with Crippen LogP contribution in [0.4, 0.5) is 19.0 Å². The molecular weight excluding hydrogens is 401 g/mol. The van der Waals surface area contributed by atoms with Gasteiger partial charge in [-0.3, -0.25) is 9.59 Å². The standard InChI is InChI=1S/C16H15F3N4O4S/c1-10-5-7-20-12(8-10)22-13(24)9-23(2)15(25)11-4-3-6-21-14(11)28(26,27)16(17,18)19/h3-8H,9H2,1-2H3,(H,20,22,24). The zero-order valence-corrected chi connectivity index (χ0v) is 15.5. The molecule has 0 atom stereocenters. The predicted octanol–water partition coefficient (Wildman–Crippen LogP) is 1.79. The Hall–Kier alpha value is -3.02. The number of hydrogen-bond donors (Lipinski definition) is 1. The number of amides is 2. The first kappa shape index (κ1) is 21.3. The van der Waals surface area contributed by atoms with Crippen LogP contribution in [0, 0.1) is 6.92 Å². The lowest BCUT2D eigenvalue weighted by atomic mass is 10.2. The number of anilines is 1. The van der Waals surface area contributed by atoms with Gasteiger partial charge in [0.1, 0.15) is 5.82 Å². The monoisotopic (exact) mass is 416 g/mol. The van der Waals surface area contributed by atoms with Crippen molar-refractivity contribution in [1.82, 2.24) is 14.9 Å². The van der Waals surface area contributed by atoms with Gasteiger partial charge in [-0.2, -0.15) is 13.2 Å². The number of aromatic nitrogens is 2. The van der Waals surface area contributed by atoms with Crippen molar-refractivity contribution in [3.05, 3.63) is 47.8 Å².